The van der Waals surface area contributed by atoms with E-state index in [-0.39, 0.29) is 11.8 Å². The van der Waals surface area contributed by atoms with Gasteiger partial charge in [-0.15, -0.1) is 0 Å². The molecule has 0 spiro atoms. The summed E-state index contributed by atoms with van der Waals surface area (Å²) in [5.41, 5.74) is 1.80. The van der Waals surface area contributed by atoms with Gasteiger partial charge in [0.05, 0.1) is 0 Å². The third kappa shape index (κ3) is 3.29. The predicted molar refractivity (Wildman–Crippen MR) is 79.8 cm³/mol. The molecule has 1 atom stereocenters. The highest BCUT2D eigenvalue weighted by molar-refractivity contribution is 5.99. The first-order valence-corrected chi connectivity index (χ1v) is 6.90. The second kappa shape index (κ2) is 5.94. The summed E-state index contributed by atoms with van der Waals surface area (Å²) in [6.07, 6.45) is 0.991. The number of nitrogens with one attached hydrogen (secondary N) is 2. The number of anilines is 2. The van der Waals surface area contributed by atoms with E-state index in [2.05, 4.69) is 29.4 Å². The standard InChI is InChI=1S/C15H21N3O2/c1-10(2)18(3)12-6-4-5-11(9-12)16-15(20)13-7-8-14(19)17-13/h4-6,9-10,13H,7-8H2,1-3H3,(H,16,20)(H,17,19)/t13-/m0/s1. The second-order valence-electron chi connectivity index (χ2n) is 5.40. The SMILES string of the molecule is CC(C)N(C)c1cccc(NC(=O)[C@@H]2CCC(=O)N2)c1. The van der Waals surface area contributed by atoms with Crippen molar-refractivity contribution >= 4 is 23.2 Å². The molecule has 2 N–H and O–H groups in total. The van der Waals surface area contributed by atoms with E-state index < -0.39 is 6.04 Å². The molecule has 0 aliphatic carbocycles. The molecule has 0 radical (unpaired) electrons. The van der Waals surface area contributed by atoms with Crippen molar-refractivity contribution in [2.75, 3.05) is 17.3 Å². The van der Waals surface area contributed by atoms with Gasteiger partial charge in [-0.1, -0.05) is 6.07 Å². The minimum absolute atomic E-state index is 0.0570. The summed E-state index contributed by atoms with van der Waals surface area (Å²) in [5.74, 6) is -0.210. The van der Waals surface area contributed by atoms with Crippen molar-refractivity contribution in [3.8, 4) is 0 Å². The van der Waals surface area contributed by atoms with Gasteiger partial charge in [-0.25, -0.2) is 0 Å². The third-order valence-corrected chi connectivity index (χ3v) is 3.61. The summed E-state index contributed by atoms with van der Waals surface area (Å²) in [6.45, 7) is 4.22. The molecule has 5 nitrogen and oxygen atoms in total. The minimum atomic E-state index is -0.408. The van der Waals surface area contributed by atoms with Crippen LogP contribution >= 0.6 is 0 Å². The molecule has 1 aromatic rings. The lowest BCUT2D eigenvalue weighted by Gasteiger charge is -2.24. The van der Waals surface area contributed by atoms with Crippen LogP contribution in [0.15, 0.2) is 24.3 Å². The van der Waals surface area contributed by atoms with Gasteiger partial charge < -0.3 is 15.5 Å². The molecule has 1 aliphatic rings. The van der Waals surface area contributed by atoms with Crippen LogP contribution in [0.3, 0.4) is 0 Å². The van der Waals surface area contributed by atoms with Crippen LogP contribution in [0.25, 0.3) is 0 Å². The highest BCUT2D eigenvalue weighted by Crippen LogP contribution is 2.20. The maximum Gasteiger partial charge on any atom is 0.246 e. The van der Waals surface area contributed by atoms with Gasteiger partial charge >= 0.3 is 0 Å². The van der Waals surface area contributed by atoms with Gasteiger partial charge in [-0.05, 0) is 38.5 Å². The van der Waals surface area contributed by atoms with Gasteiger partial charge in [0.25, 0.3) is 0 Å². The minimum Gasteiger partial charge on any atom is -0.372 e. The van der Waals surface area contributed by atoms with Gasteiger partial charge in [-0.2, -0.15) is 0 Å². The predicted octanol–water partition coefficient (Wildman–Crippen LogP) is 1.75. The first-order chi connectivity index (χ1) is 9.47. The summed E-state index contributed by atoms with van der Waals surface area (Å²) in [7, 11) is 2.02. The van der Waals surface area contributed by atoms with E-state index in [0.29, 0.717) is 18.9 Å². The Kier molecular flexibility index (Phi) is 4.27. The molecule has 1 saturated heterocycles. The number of hydrogen-bond donors (Lipinski definition) is 2. The second-order valence-corrected chi connectivity index (χ2v) is 5.40. The summed E-state index contributed by atoms with van der Waals surface area (Å²) in [4.78, 5) is 25.3. The van der Waals surface area contributed by atoms with Gasteiger partial charge in [0.2, 0.25) is 11.8 Å². The van der Waals surface area contributed by atoms with E-state index in [4.69, 9.17) is 0 Å². The lowest BCUT2D eigenvalue weighted by atomic mass is 10.2. The number of carbonyl (C=O) groups is 2. The quantitative estimate of drug-likeness (QED) is 0.880. The van der Waals surface area contributed by atoms with Crippen molar-refractivity contribution in [2.24, 2.45) is 0 Å². The smallest absolute Gasteiger partial charge is 0.246 e. The number of benzene rings is 1. The first kappa shape index (κ1) is 14.4. The Hall–Kier alpha value is -2.04. The zero-order valence-corrected chi connectivity index (χ0v) is 12.1. The Morgan fingerprint density at radius 1 is 1.45 bits per heavy atom. The molecule has 20 heavy (non-hydrogen) atoms. The Labute approximate surface area is 119 Å². The molecule has 1 aromatic carbocycles. The Morgan fingerprint density at radius 3 is 2.80 bits per heavy atom. The average molecular weight is 275 g/mol. The van der Waals surface area contributed by atoms with Crippen LogP contribution < -0.4 is 15.5 Å². The first-order valence-electron chi connectivity index (χ1n) is 6.90. The van der Waals surface area contributed by atoms with Crippen molar-refractivity contribution in [3.63, 3.8) is 0 Å². The van der Waals surface area contributed by atoms with Crippen LogP contribution in [0, 0.1) is 0 Å². The van der Waals surface area contributed by atoms with Crippen LogP contribution in [-0.2, 0) is 9.59 Å². The fraction of sp³-hybridized carbons (Fsp3) is 0.467. The van der Waals surface area contributed by atoms with Crippen LogP contribution in [0.4, 0.5) is 11.4 Å². The molecule has 5 heteroatoms. The van der Waals surface area contributed by atoms with E-state index in [1.165, 1.54) is 0 Å². The number of carbonyl (C=O) groups excluding carboxylic acids is 2. The molecule has 0 saturated carbocycles. The Balaban J connectivity index is 2.04. The molecule has 0 aromatic heterocycles. The number of rotatable bonds is 4. The van der Waals surface area contributed by atoms with E-state index in [1.807, 2.05) is 31.3 Å². The molecular weight excluding hydrogens is 254 g/mol. The molecule has 108 valence electrons. The van der Waals surface area contributed by atoms with E-state index >= 15 is 0 Å². The largest absolute Gasteiger partial charge is 0.372 e. The molecule has 2 amide bonds. The van der Waals surface area contributed by atoms with Gasteiger partial charge in [0, 0.05) is 30.9 Å². The van der Waals surface area contributed by atoms with Crippen LogP contribution in [0.1, 0.15) is 26.7 Å². The number of hydrogen-bond acceptors (Lipinski definition) is 3. The van der Waals surface area contributed by atoms with Gasteiger partial charge in [0.1, 0.15) is 6.04 Å². The monoisotopic (exact) mass is 275 g/mol. The fourth-order valence-electron chi connectivity index (χ4n) is 2.14. The Bertz CT molecular complexity index is 514. The van der Waals surface area contributed by atoms with E-state index in [1.54, 1.807) is 0 Å². The van der Waals surface area contributed by atoms with Crippen LogP contribution in [0.5, 0.6) is 0 Å². The molecular formula is C15H21N3O2. The molecule has 1 heterocycles. The summed E-state index contributed by atoms with van der Waals surface area (Å²) < 4.78 is 0. The van der Waals surface area contributed by atoms with Crippen molar-refractivity contribution in [2.45, 2.75) is 38.8 Å². The topological polar surface area (TPSA) is 61.4 Å². The molecule has 1 aliphatic heterocycles. The van der Waals surface area contributed by atoms with Crippen molar-refractivity contribution < 1.29 is 9.59 Å². The van der Waals surface area contributed by atoms with Crippen LogP contribution in [0.2, 0.25) is 0 Å². The van der Waals surface area contributed by atoms with E-state index in [9.17, 15) is 9.59 Å². The third-order valence-electron chi connectivity index (χ3n) is 3.61. The number of amides is 2. The normalized spacial score (nSPS) is 18.0. The lowest BCUT2D eigenvalue weighted by Crippen LogP contribution is -2.37. The highest BCUT2D eigenvalue weighted by atomic mass is 16.2. The maximum atomic E-state index is 12.0. The average Bonchev–Trinajstić information content (AvgIpc) is 2.85. The fourth-order valence-corrected chi connectivity index (χ4v) is 2.14. The summed E-state index contributed by atoms with van der Waals surface area (Å²) in [6, 6.07) is 7.69. The van der Waals surface area contributed by atoms with Crippen molar-refractivity contribution in [1.82, 2.24) is 5.32 Å². The van der Waals surface area contributed by atoms with Crippen molar-refractivity contribution in [1.29, 1.82) is 0 Å². The Morgan fingerprint density at radius 2 is 2.20 bits per heavy atom. The van der Waals surface area contributed by atoms with Crippen molar-refractivity contribution in [3.05, 3.63) is 24.3 Å². The van der Waals surface area contributed by atoms with Crippen LogP contribution in [-0.4, -0.2) is 30.9 Å². The summed E-state index contributed by atoms with van der Waals surface area (Å²) >= 11 is 0. The zero-order chi connectivity index (χ0) is 14.7. The highest BCUT2D eigenvalue weighted by Gasteiger charge is 2.27. The number of nitrogens with zero attached hydrogens (tertiary/aromatic N) is 1. The molecule has 0 bridgehead atoms. The summed E-state index contributed by atoms with van der Waals surface area (Å²) in [5, 5.41) is 5.53. The molecule has 2 rings (SSSR count). The maximum absolute atomic E-state index is 12.0. The van der Waals surface area contributed by atoms with Gasteiger partial charge in [-0.3, -0.25) is 9.59 Å². The molecule has 0 unspecified atom stereocenters. The zero-order valence-electron chi connectivity index (χ0n) is 12.1. The molecule has 1 fully saturated rings. The lowest BCUT2D eigenvalue weighted by molar-refractivity contribution is -0.122. The van der Waals surface area contributed by atoms with Gasteiger partial charge in [0.15, 0.2) is 0 Å². The van der Waals surface area contributed by atoms with E-state index in [0.717, 1.165) is 11.4 Å².